The zero-order valence-electron chi connectivity index (χ0n) is 17.7. The Morgan fingerprint density at radius 2 is 1.69 bits per heavy atom. The molecule has 1 aromatic heterocycles. The minimum Gasteiger partial charge on any atom is -0.495 e. The van der Waals surface area contributed by atoms with Gasteiger partial charge in [0.25, 0.3) is 5.91 Å². The zero-order chi connectivity index (χ0) is 23.3. The van der Waals surface area contributed by atoms with E-state index in [1.807, 2.05) is 0 Å². The van der Waals surface area contributed by atoms with E-state index in [2.05, 4.69) is 10.6 Å². The standard InChI is InChI=1S/C23H21ClN2O5S/c1-13-19(23(29)31-3)22(26-18(27)12-14-8-10-15(24)11-9-14)32-20(13)21(28)25-16-6-4-5-7-17(16)30-2/h4-11H,12H2,1-3H3,(H,25,28)(H,26,27). The number of ether oxygens (including phenoxy) is 2. The average molecular weight is 473 g/mol. The molecule has 7 nitrogen and oxygen atoms in total. The van der Waals surface area contributed by atoms with Crippen molar-refractivity contribution in [2.75, 3.05) is 24.9 Å². The second-order valence-corrected chi connectivity index (χ2v) is 8.21. The first-order valence-corrected chi connectivity index (χ1v) is 10.7. The van der Waals surface area contributed by atoms with Gasteiger partial charge < -0.3 is 20.1 Å². The molecule has 166 valence electrons. The van der Waals surface area contributed by atoms with Crippen molar-refractivity contribution in [3.05, 3.63) is 75.1 Å². The van der Waals surface area contributed by atoms with E-state index in [-0.39, 0.29) is 27.8 Å². The lowest BCUT2D eigenvalue weighted by atomic mass is 10.1. The van der Waals surface area contributed by atoms with Crippen molar-refractivity contribution >= 4 is 51.4 Å². The normalized spacial score (nSPS) is 10.4. The molecular formula is C23H21ClN2O5S. The third kappa shape index (κ3) is 5.27. The number of benzene rings is 2. The number of nitrogens with one attached hydrogen (secondary N) is 2. The molecule has 2 amide bonds. The Morgan fingerprint density at radius 1 is 1.00 bits per heavy atom. The van der Waals surface area contributed by atoms with Gasteiger partial charge in [-0.15, -0.1) is 11.3 Å². The molecule has 2 N–H and O–H groups in total. The van der Waals surface area contributed by atoms with Crippen LogP contribution in [-0.2, 0) is 16.0 Å². The van der Waals surface area contributed by atoms with Gasteiger partial charge in [0, 0.05) is 5.02 Å². The summed E-state index contributed by atoms with van der Waals surface area (Å²) in [6.45, 7) is 1.63. The molecule has 0 aliphatic heterocycles. The van der Waals surface area contributed by atoms with Gasteiger partial charge >= 0.3 is 5.97 Å². The third-order valence-electron chi connectivity index (χ3n) is 4.63. The maximum Gasteiger partial charge on any atom is 0.341 e. The van der Waals surface area contributed by atoms with E-state index in [9.17, 15) is 14.4 Å². The van der Waals surface area contributed by atoms with Gasteiger partial charge in [0.05, 0.1) is 36.8 Å². The molecule has 3 aromatic rings. The molecule has 32 heavy (non-hydrogen) atoms. The predicted octanol–water partition coefficient (Wildman–Crippen LogP) is 4.94. The molecule has 0 aliphatic rings. The topological polar surface area (TPSA) is 93.7 Å². The van der Waals surface area contributed by atoms with Crippen LogP contribution in [0.5, 0.6) is 5.75 Å². The Kier molecular flexibility index (Phi) is 7.50. The maximum absolute atomic E-state index is 13.0. The van der Waals surface area contributed by atoms with Crippen LogP contribution in [0.4, 0.5) is 10.7 Å². The van der Waals surface area contributed by atoms with Gasteiger partial charge in [-0.25, -0.2) is 4.79 Å². The fourth-order valence-electron chi connectivity index (χ4n) is 3.05. The minimum absolute atomic E-state index is 0.0808. The molecule has 0 atom stereocenters. The van der Waals surface area contributed by atoms with E-state index in [4.69, 9.17) is 21.1 Å². The zero-order valence-corrected chi connectivity index (χ0v) is 19.2. The van der Waals surface area contributed by atoms with Crippen molar-refractivity contribution in [3.8, 4) is 5.75 Å². The molecule has 0 spiro atoms. The quantitative estimate of drug-likeness (QED) is 0.475. The van der Waals surface area contributed by atoms with Crippen molar-refractivity contribution in [2.45, 2.75) is 13.3 Å². The van der Waals surface area contributed by atoms with Crippen molar-refractivity contribution < 1.29 is 23.9 Å². The Balaban J connectivity index is 1.87. The summed E-state index contributed by atoms with van der Waals surface area (Å²) < 4.78 is 10.1. The third-order valence-corrected chi connectivity index (χ3v) is 6.09. The Labute approximate surface area is 194 Å². The smallest absolute Gasteiger partial charge is 0.341 e. The predicted molar refractivity (Wildman–Crippen MR) is 125 cm³/mol. The first-order valence-electron chi connectivity index (χ1n) is 9.54. The molecule has 0 radical (unpaired) electrons. The number of hydrogen-bond donors (Lipinski definition) is 2. The fourth-order valence-corrected chi connectivity index (χ4v) is 4.28. The summed E-state index contributed by atoms with van der Waals surface area (Å²) in [4.78, 5) is 38.2. The van der Waals surface area contributed by atoms with Crippen LogP contribution in [-0.4, -0.2) is 32.0 Å². The van der Waals surface area contributed by atoms with E-state index in [0.29, 0.717) is 22.0 Å². The highest BCUT2D eigenvalue weighted by molar-refractivity contribution is 7.19. The number of methoxy groups -OCH3 is 2. The van der Waals surface area contributed by atoms with E-state index >= 15 is 0 Å². The van der Waals surface area contributed by atoms with Gasteiger partial charge in [0.2, 0.25) is 5.91 Å². The van der Waals surface area contributed by atoms with Gasteiger partial charge in [-0.2, -0.15) is 0 Å². The van der Waals surface area contributed by atoms with Crippen LogP contribution in [0.15, 0.2) is 48.5 Å². The number of hydrogen-bond acceptors (Lipinski definition) is 6. The number of halogens is 1. The lowest BCUT2D eigenvalue weighted by Gasteiger charge is -2.09. The Morgan fingerprint density at radius 3 is 2.34 bits per heavy atom. The summed E-state index contributed by atoms with van der Waals surface area (Å²) in [6.07, 6.45) is 0.0808. The SMILES string of the molecule is COC(=O)c1c(NC(=O)Cc2ccc(Cl)cc2)sc(C(=O)Nc2ccccc2OC)c1C. The first kappa shape index (κ1) is 23.3. The van der Waals surface area contributed by atoms with E-state index in [0.717, 1.165) is 16.9 Å². The molecule has 0 aliphatic carbocycles. The number of carbonyl (C=O) groups is 3. The van der Waals surface area contributed by atoms with Gasteiger partial charge in [-0.05, 0) is 42.3 Å². The molecular weight excluding hydrogens is 452 g/mol. The summed E-state index contributed by atoms with van der Waals surface area (Å²) in [6, 6.07) is 13.9. The summed E-state index contributed by atoms with van der Waals surface area (Å²) in [5, 5.41) is 6.34. The molecule has 0 saturated heterocycles. The molecule has 0 unspecified atom stereocenters. The van der Waals surface area contributed by atoms with Gasteiger partial charge in [-0.3, -0.25) is 9.59 Å². The molecule has 0 saturated carbocycles. The number of para-hydroxylation sites is 2. The van der Waals surface area contributed by atoms with Crippen LogP contribution in [0, 0.1) is 6.92 Å². The van der Waals surface area contributed by atoms with Crippen molar-refractivity contribution in [2.24, 2.45) is 0 Å². The monoisotopic (exact) mass is 472 g/mol. The number of esters is 1. The molecule has 1 heterocycles. The highest BCUT2D eigenvalue weighted by Crippen LogP contribution is 2.35. The summed E-state index contributed by atoms with van der Waals surface area (Å²) >= 11 is 6.89. The molecule has 2 aromatic carbocycles. The van der Waals surface area contributed by atoms with Gasteiger partial charge in [0.1, 0.15) is 10.8 Å². The Bertz CT molecular complexity index is 1160. The summed E-state index contributed by atoms with van der Waals surface area (Å²) in [5.41, 5.74) is 1.80. The molecule has 0 fully saturated rings. The summed E-state index contributed by atoms with van der Waals surface area (Å²) in [5.74, 6) is -0.910. The second-order valence-electron chi connectivity index (χ2n) is 6.76. The van der Waals surface area contributed by atoms with Crippen LogP contribution < -0.4 is 15.4 Å². The number of thiophene rings is 1. The van der Waals surface area contributed by atoms with Crippen LogP contribution in [0.2, 0.25) is 5.02 Å². The molecule has 3 rings (SSSR count). The minimum atomic E-state index is -0.642. The number of amides is 2. The highest BCUT2D eigenvalue weighted by atomic mass is 35.5. The lowest BCUT2D eigenvalue weighted by Crippen LogP contribution is -2.16. The maximum atomic E-state index is 13.0. The van der Waals surface area contributed by atoms with Crippen LogP contribution in [0.3, 0.4) is 0 Å². The highest BCUT2D eigenvalue weighted by Gasteiger charge is 2.26. The fraction of sp³-hybridized carbons (Fsp3) is 0.174. The number of anilines is 2. The number of carbonyl (C=O) groups excluding carboxylic acids is 3. The first-order chi connectivity index (χ1) is 15.3. The largest absolute Gasteiger partial charge is 0.495 e. The Hall–Kier alpha value is -3.36. The molecule has 9 heteroatoms. The summed E-state index contributed by atoms with van der Waals surface area (Å²) in [7, 11) is 2.75. The lowest BCUT2D eigenvalue weighted by molar-refractivity contribution is -0.115. The van der Waals surface area contributed by atoms with Gasteiger partial charge in [0.15, 0.2) is 0 Å². The van der Waals surface area contributed by atoms with E-state index in [1.165, 1.54) is 14.2 Å². The van der Waals surface area contributed by atoms with Crippen molar-refractivity contribution in [3.63, 3.8) is 0 Å². The van der Waals surface area contributed by atoms with Crippen molar-refractivity contribution in [1.82, 2.24) is 0 Å². The van der Waals surface area contributed by atoms with E-state index < -0.39 is 11.9 Å². The van der Waals surface area contributed by atoms with E-state index in [1.54, 1.807) is 55.5 Å². The van der Waals surface area contributed by atoms with Gasteiger partial charge in [-0.1, -0.05) is 35.9 Å². The van der Waals surface area contributed by atoms with Crippen LogP contribution >= 0.6 is 22.9 Å². The van der Waals surface area contributed by atoms with Crippen LogP contribution in [0.1, 0.15) is 31.2 Å². The van der Waals surface area contributed by atoms with Crippen molar-refractivity contribution in [1.29, 1.82) is 0 Å². The molecule has 0 bridgehead atoms. The number of rotatable bonds is 7. The average Bonchev–Trinajstić information content (AvgIpc) is 3.10. The second kappa shape index (κ2) is 10.3. The van der Waals surface area contributed by atoms with Crippen LogP contribution in [0.25, 0.3) is 0 Å².